The first-order chi connectivity index (χ1) is 9.56. The van der Waals surface area contributed by atoms with Crippen molar-refractivity contribution >= 4 is 0 Å². The van der Waals surface area contributed by atoms with Gasteiger partial charge in [0, 0.05) is 17.2 Å². The van der Waals surface area contributed by atoms with Crippen LogP contribution in [-0.4, -0.2) is 14.2 Å². The molecule has 0 fully saturated rings. The van der Waals surface area contributed by atoms with Gasteiger partial charge in [0.05, 0.1) is 20.3 Å². The highest BCUT2D eigenvalue weighted by molar-refractivity contribution is 5.44. The molecule has 0 saturated carbocycles. The zero-order valence-electron chi connectivity index (χ0n) is 11.8. The molecule has 2 aromatic carbocycles. The monoisotopic (exact) mass is 275 g/mol. The summed E-state index contributed by atoms with van der Waals surface area (Å²) in [5.41, 5.74) is 8.41. The molecular formula is C16H18FNO2. The first-order valence-corrected chi connectivity index (χ1v) is 6.30. The fourth-order valence-electron chi connectivity index (χ4n) is 2.15. The first kappa shape index (κ1) is 14.3. The summed E-state index contributed by atoms with van der Waals surface area (Å²) in [5.74, 6) is 0.730. The van der Waals surface area contributed by atoms with Crippen LogP contribution in [0, 0.1) is 12.7 Å². The predicted octanol–water partition coefficient (Wildman–Crippen LogP) is 3.20. The topological polar surface area (TPSA) is 44.5 Å². The molecule has 0 saturated heterocycles. The third-order valence-corrected chi connectivity index (χ3v) is 3.26. The van der Waals surface area contributed by atoms with Crippen LogP contribution in [0.3, 0.4) is 0 Å². The summed E-state index contributed by atoms with van der Waals surface area (Å²) >= 11 is 0. The number of rotatable bonds is 4. The van der Waals surface area contributed by atoms with Crippen molar-refractivity contribution in [2.75, 3.05) is 14.2 Å². The SMILES string of the molecule is COc1ccc(C(N)c2cc(C)ccc2OC)c(F)c1. The molecule has 2 rings (SSSR count). The van der Waals surface area contributed by atoms with Crippen LogP contribution in [0.4, 0.5) is 4.39 Å². The van der Waals surface area contributed by atoms with Crippen LogP contribution >= 0.6 is 0 Å². The second kappa shape index (κ2) is 5.92. The minimum Gasteiger partial charge on any atom is -0.497 e. The maximum Gasteiger partial charge on any atom is 0.132 e. The van der Waals surface area contributed by atoms with Gasteiger partial charge in [-0.05, 0) is 19.1 Å². The molecule has 1 atom stereocenters. The van der Waals surface area contributed by atoms with Gasteiger partial charge in [0.15, 0.2) is 0 Å². The standard InChI is InChI=1S/C16H18FNO2/c1-10-4-7-15(20-3)13(8-10)16(18)12-6-5-11(19-2)9-14(12)17/h4-9,16H,18H2,1-3H3. The van der Waals surface area contributed by atoms with E-state index in [9.17, 15) is 4.39 Å². The van der Waals surface area contributed by atoms with Crippen LogP contribution in [0.1, 0.15) is 22.7 Å². The minimum atomic E-state index is -0.587. The molecular weight excluding hydrogens is 257 g/mol. The number of hydrogen-bond donors (Lipinski definition) is 1. The fourth-order valence-corrected chi connectivity index (χ4v) is 2.15. The summed E-state index contributed by atoms with van der Waals surface area (Å²) in [7, 11) is 3.07. The zero-order valence-corrected chi connectivity index (χ0v) is 11.8. The molecule has 0 spiro atoms. The van der Waals surface area contributed by atoms with Gasteiger partial charge >= 0.3 is 0 Å². The highest BCUT2D eigenvalue weighted by Gasteiger charge is 2.18. The smallest absolute Gasteiger partial charge is 0.132 e. The Morgan fingerprint density at radius 3 is 2.35 bits per heavy atom. The van der Waals surface area contributed by atoms with Crippen molar-refractivity contribution < 1.29 is 13.9 Å². The summed E-state index contributed by atoms with van der Waals surface area (Å²) < 4.78 is 24.4. The van der Waals surface area contributed by atoms with Crippen LogP contribution < -0.4 is 15.2 Å². The van der Waals surface area contributed by atoms with E-state index < -0.39 is 6.04 Å². The molecule has 0 heterocycles. The van der Waals surface area contributed by atoms with E-state index in [1.165, 1.54) is 13.2 Å². The van der Waals surface area contributed by atoms with Gasteiger partial charge in [0.2, 0.25) is 0 Å². The number of aryl methyl sites for hydroxylation is 1. The maximum atomic E-state index is 14.1. The van der Waals surface area contributed by atoms with Crippen molar-refractivity contribution in [3.05, 3.63) is 58.9 Å². The van der Waals surface area contributed by atoms with Gasteiger partial charge in [0.25, 0.3) is 0 Å². The van der Waals surface area contributed by atoms with Crippen LogP contribution in [0.25, 0.3) is 0 Å². The Balaban J connectivity index is 2.45. The van der Waals surface area contributed by atoms with E-state index in [1.54, 1.807) is 19.2 Å². The summed E-state index contributed by atoms with van der Waals surface area (Å²) in [5, 5.41) is 0. The van der Waals surface area contributed by atoms with Gasteiger partial charge in [-0.2, -0.15) is 0 Å². The molecule has 0 radical (unpaired) electrons. The van der Waals surface area contributed by atoms with Gasteiger partial charge in [-0.3, -0.25) is 0 Å². The Morgan fingerprint density at radius 1 is 1.00 bits per heavy atom. The largest absolute Gasteiger partial charge is 0.497 e. The molecule has 4 heteroatoms. The van der Waals surface area contributed by atoms with Gasteiger partial charge in [-0.1, -0.05) is 23.8 Å². The zero-order chi connectivity index (χ0) is 14.7. The van der Waals surface area contributed by atoms with Crippen molar-refractivity contribution in [3.8, 4) is 11.5 Å². The molecule has 1 unspecified atom stereocenters. The Morgan fingerprint density at radius 2 is 1.75 bits per heavy atom. The van der Waals surface area contributed by atoms with E-state index in [-0.39, 0.29) is 5.82 Å². The lowest BCUT2D eigenvalue weighted by atomic mass is 9.96. The molecule has 3 nitrogen and oxygen atoms in total. The molecule has 0 aromatic heterocycles. The summed E-state index contributed by atoms with van der Waals surface area (Å²) in [6, 6.07) is 9.76. The van der Waals surface area contributed by atoms with E-state index in [1.807, 2.05) is 25.1 Å². The molecule has 0 bridgehead atoms. The molecule has 106 valence electrons. The summed E-state index contributed by atoms with van der Waals surface area (Å²) in [4.78, 5) is 0. The highest BCUT2D eigenvalue weighted by atomic mass is 19.1. The highest BCUT2D eigenvalue weighted by Crippen LogP contribution is 2.31. The Kier molecular flexibility index (Phi) is 4.25. The average Bonchev–Trinajstić information content (AvgIpc) is 2.46. The second-order valence-electron chi connectivity index (χ2n) is 4.61. The third-order valence-electron chi connectivity index (χ3n) is 3.26. The molecule has 2 N–H and O–H groups in total. The lowest BCUT2D eigenvalue weighted by Crippen LogP contribution is -2.15. The number of hydrogen-bond acceptors (Lipinski definition) is 3. The van der Waals surface area contributed by atoms with Gasteiger partial charge < -0.3 is 15.2 Å². The van der Waals surface area contributed by atoms with Gasteiger partial charge in [-0.25, -0.2) is 4.39 Å². The average molecular weight is 275 g/mol. The number of ether oxygens (including phenoxy) is 2. The van der Waals surface area contributed by atoms with Gasteiger partial charge in [-0.15, -0.1) is 0 Å². The van der Waals surface area contributed by atoms with E-state index in [0.717, 1.165) is 11.1 Å². The normalized spacial score (nSPS) is 12.1. The lowest BCUT2D eigenvalue weighted by Gasteiger charge is -2.18. The van der Waals surface area contributed by atoms with E-state index in [2.05, 4.69) is 0 Å². The molecule has 0 aliphatic heterocycles. The number of nitrogens with two attached hydrogens (primary N) is 1. The number of benzene rings is 2. The number of halogens is 1. The molecule has 2 aromatic rings. The van der Waals surface area contributed by atoms with Crippen LogP contribution in [0.2, 0.25) is 0 Å². The van der Waals surface area contributed by atoms with E-state index >= 15 is 0 Å². The quantitative estimate of drug-likeness (QED) is 0.932. The van der Waals surface area contributed by atoms with Crippen LogP contribution in [-0.2, 0) is 0 Å². The first-order valence-electron chi connectivity index (χ1n) is 6.30. The van der Waals surface area contributed by atoms with Crippen molar-refractivity contribution in [2.24, 2.45) is 5.73 Å². The third kappa shape index (κ3) is 2.75. The second-order valence-corrected chi connectivity index (χ2v) is 4.61. The van der Waals surface area contributed by atoms with Crippen LogP contribution in [0.5, 0.6) is 11.5 Å². The molecule has 0 aliphatic rings. The predicted molar refractivity (Wildman–Crippen MR) is 76.7 cm³/mol. The fraction of sp³-hybridized carbons (Fsp3) is 0.250. The van der Waals surface area contributed by atoms with E-state index in [0.29, 0.717) is 17.1 Å². The Bertz CT molecular complexity index is 613. The van der Waals surface area contributed by atoms with Crippen LogP contribution in [0.15, 0.2) is 36.4 Å². The Hall–Kier alpha value is -2.07. The van der Waals surface area contributed by atoms with Crippen molar-refractivity contribution in [2.45, 2.75) is 13.0 Å². The van der Waals surface area contributed by atoms with Crippen molar-refractivity contribution in [3.63, 3.8) is 0 Å². The lowest BCUT2D eigenvalue weighted by molar-refractivity contribution is 0.405. The van der Waals surface area contributed by atoms with Crippen molar-refractivity contribution in [1.82, 2.24) is 0 Å². The van der Waals surface area contributed by atoms with Gasteiger partial charge in [0.1, 0.15) is 17.3 Å². The summed E-state index contributed by atoms with van der Waals surface area (Å²) in [6.45, 7) is 1.96. The van der Waals surface area contributed by atoms with Crippen molar-refractivity contribution in [1.29, 1.82) is 0 Å². The molecule has 20 heavy (non-hydrogen) atoms. The summed E-state index contributed by atoms with van der Waals surface area (Å²) in [6.07, 6.45) is 0. The molecule has 0 aliphatic carbocycles. The maximum absolute atomic E-state index is 14.1. The van der Waals surface area contributed by atoms with E-state index in [4.69, 9.17) is 15.2 Å². The molecule has 0 amide bonds. The Labute approximate surface area is 118 Å². The number of methoxy groups -OCH3 is 2. The minimum absolute atomic E-state index is 0.389.